The highest BCUT2D eigenvalue weighted by Gasteiger charge is 2.44. The molecule has 154 valence electrons. The van der Waals surface area contributed by atoms with E-state index in [1.54, 1.807) is 0 Å². The van der Waals surface area contributed by atoms with Crippen molar-refractivity contribution in [2.75, 3.05) is 9.71 Å². The van der Waals surface area contributed by atoms with E-state index >= 15 is 0 Å². The number of nitrogens with zero attached hydrogens (tertiary/aromatic N) is 3. The number of anilines is 5. The smallest absolute Gasteiger partial charge is 0.333 e. The van der Waals surface area contributed by atoms with Gasteiger partial charge in [0, 0.05) is 34.5 Å². The van der Waals surface area contributed by atoms with Crippen LogP contribution in [0.15, 0.2) is 122 Å². The molecular formula is C29H20BN3. The maximum absolute atomic E-state index is 4.54. The number of benzene rings is 4. The van der Waals surface area contributed by atoms with E-state index in [-0.39, 0.29) is 6.85 Å². The Morgan fingerprint density at radius 2 is 1.21 bits per heavy atom. The fourth-order valence-electron chi connectivity index (χ4n) is 5.42. The highest BCUT2D eigenvalue weighted by Crippen LogP contribution is 2.45. The Morgan fingerprint density at radius 3 is 2.03 bits per heavy atom. The summed E-state index contributed by atoms with van der Waals surface area (Å²) in [7, 11) is 0. The molecule has 0 amide bonds. The lowest BCUT2D eigenvalue weighted by Gasteiger charge is -2.45. The Morgan fingerprint density at radius 1 is 0.545 bits per heavy atom. The maximum atomic E-state index is 4.54. The molecule has 0 saturated heterocycles. The Balaban J connectivity index is 1.60. The fraction of sp³-hybridized carbons (Fsp3) is 0. The Hall–Kier alpha value is -4.31. The SMILES string of the molecule is c1ccc(N2B3c4ccncc4N(c4ccccc4)c4cccc(c43)-c3ccccc32)cc1. The second kappa shape index (κ2) is 7.11. The van der Waals surface area contributed by atoms with E-state index in [4.69, 9.17) is 0 Å². The molecule has 0 unspecified atom stereocenters. The molecule has 0 atom stereocenters. The van der Waals surface area contributed by atoms with Crippen LogP contribution in [0.3, 0.4) is 0 Å². The first-order valence-corrected chi connectivity index (χ1v) is 11.3. The predicted octanol–water partition coefficient (Wildman–Crippen LogP) is 5.79. The van der Waals surface area contributed by atoms with Gasteiger partial charge in [0.2, 0.25) is 0 Å². The van der Waals surface area contributed by atoms with Crippen LogP contribution in [0.5, 0.6) is 0 Å². The van der Waals surface area contributed by atoms with Crippen LogP contribution in [-0.4, -0.2) is 11.8 Å². The van der Waals surface area contributed by atoms with E-state index in [1.807, 2.05) is 12.4 Å². The second-order valence-electron chi connectivity index (χ2n) is 8.47. The van der Waals surface area contributed by atoms with Crippen molar-refractivity contribution >= 4 is 46.2 Å². The molecule has 0 bridgehead atoms. The van der Waals surface area contributed by atoms with Gasteiger partial charge in [0.1, 0.15) is 0 Å². The Bertz CT molecular complexity index is 1480. The van der Waals surface area contributed by atoms with Crippen molar-refractivity contribution in [2.24, 2.45) is 0 Å². The van der Waals surface area contributed by atoms with E-state index in [1.165, 1.54) is 39.1 Å². The van der Waals surface area contributed by atoms with Crippen molar-refractivity contribution in [1.82, 2.24) is 4.98 Å². The zero-order valence-electron chi connectivity index (χ0n) is 18.0. The summed E-state index contributed by atoms with van der Waals surface area (Å²) in [6, 6.07) is 38.9. The summed E-state index contributed by atoms with van der Waals surface area (Å²) >= 11 is 0. The molecule has 3 heterocycles. The molecular weight excluding hydrogens is 401 g/mol. The van der Waals surface area contributed by atoms with Gasteiger partial charge in [0.25, 0.3) is 0 Å². The standard InChI is InChI=1S/C29H20BN3/c1-3-10-21(11-4-1)32-27-17-9-15-24-23-14-7-8-16-26(23)33(22-12-5-2-6-13-22)30(29(24)27)25-18-19-31-20-28(25)32/h1-20H. The number of aromatic nitrogens is 1. The lowest BCUT2D eigenvalue weighted by Crippen LogP contribution is -2.61. The van der Waals surface area contributed by atoms with E-state index in [0.717, 1.165) is 11.4 Å². The minimum Gasteiger partial charge on any atom is -0.376 e. The minimum atomic E-state index is 0.0615. The highest BCUT2D eigenvalue weighted by molar-refractivity contribution is 6.93. The number of hydrogen-bond donors (Lipinski definition) is 0. The van der Waals surface area contributed by atoms with Crippen LogP contribution in [0.2, 0.25) is 0 Å². The van der Waals surface area contributed by atoms with Crippen LogP contribution in [0.1, 0.15) is 0 Å². The Kier molecular flexibility index (Phi) is 3.94. The predicted molar refractivity (Wildman–Crippen MR) is 138 cm³/mol. The molecule has 7 rings (SSSR count). The van der Waals surface area contributed by atoms with Crippen LogP contribution < -0.4 is 20.6 Å². The molecule has 3 nitrogen and oxygen atoms in total. The largest absolute Gasteiger partial charge is 0.376 e. The molecule has 33 heavy (non-hydrogen) atoms. The molecule has 4 heteroatoms. The molecule has 0 radical (unpaired) electrons. The third-order valence-electron chi connectivity index (χ3n) is 6.73. The first-order chi connectivity index (χ1) is 16.4. The van der Waals surface area contributed by atoms with E-state index < -0.39 is 0 Å². The summed E-state index contributed by atoms with van der Waals surface area (Å²) in [5.41, 5.74) is 11.0. The normalized spacial score (nSPS) is 13.3. The van der Waals surface area contributed by atoms with Crippen molar-refractivity contribution in [1.29, 1.82) is 0 Å². The molecule has 2 aliphatic rings. The van der Waals surface area contributed by atoms with Gasteiger partial charge in [-0.2, -0.15) is 0 Å². The molecule has 1 aromatic heterocycles. The fourth-order valence-corrected chi connectivity index (χ4v) is 5.42. The summed E-state index contributed by atoms with van der Waals surface area (Å²) in [5.74, 6) is 0. The zero-order chi connectivity index (χ0) is 21.8. The van der Waals surface area contributed by atoms with E-state index in [9.17, 15) is 0 Å². The zero-order valence-corrected chi connectivity index (χ0v) is 18.0. The van der Waals surface area contributed by atoms with Gasteiger partial charge in [0.05, 0.1) is 11.9 Å². The van der Waals surface area contributed by atoms with Gasteiger partial charge in [-0.05, 0) is 59.0 Å². The molecule has 0 fully saturated rings. The number of rotatable bonds is 2. The van der Waals surface area contributed by atoms with Crippen molar-refractivity contribution in [2.45, 2.75) is 0 Å². The molecule has 0 saturated carbocycles. The number of pyridine rings is 1. The first kappa shape index (κ1) is 18.3. The van der Waals surface area contributed by atoms with Crippen LogP contribution in [0, 0.1) is 0 Å². The van der Waals surface area contributed by atoms with Gasteiger partial charge in [0.15, 0.2) is 0 Å². The molecule has 0 spiro atoms. The van der Waals surface area contributed by atoms with Gasteiger partial charge in [-0.1, -0.05) is 66.7 Å². The van der Waals surface area contributed by atoms with Crippen molar-refractivity contribution < 1.29 is 0 Å². The highest BCUT2D eigenvalue weighted by atomic mass is 15.2. The summed E-state index contributed by atoms with van der Waals surface area (Å²) in [5, 5.41) is 0. The molecule has 0 aliphatic carbocycles. The average molecular weight is 421 g/mol. The second-order valence-corrected chi connectivity index (χ2v) is 8.47. The number of hydrogen-bond acceptors (Lipinski definition) is 3. The number of para-hydroxylation sites is 3. The third-order valence-corrected chi connectivity index (χ3v) is 6.73. The van der Waals surface area contributed by atoms with Crippen molar-refractivity contribution in [3.05, 3.63) is 122 Å². The van der Waals surface area contributed by atoms with Gasteiger partial charge in [-0.25, -0.2) is 0 Å². The van der Waals surface area contributed by atoms with Crippen LogP contribution in [0.4, 0.5) is 28.4 Å². The molecule has 4 aromatic carbocycles. The van der Waals surface area contributed by atoms with E-state index in [0.29, 0.717) is 0 Å². The number of fused-ring (bicyclic) bond motifs is 4. The topological polar surface area (TPSA) is 19.4 Å². The first-order valence-electron chi connectivity index (χ1n) is 11.3. The van der Waals surface area contributed by atoms with Gasteiger partial charge in [-0.3, -0.25) is 4.98 Å². The van der Waals surface area contributed by atoms with Crippen LogP contribution in [-0.2, 0) is 0 Å². The molecule has 5 aromatic rings. The average Bonchev–Trinajstić information content (AvgIpc) is 2.90. The minimum absolute atomic E-state index is 0.0615. The summed E-state index contributed by atoms with van der Waals surface area (Å²) < 4.78 is 0. The van der Waals surface area contributed by atoms with Gasteiger partial charge >= 0.3 is 6.85 Å². The van der Waals surface area contributed by atoms with Gasteiger partial charge in [-0.15, -0.1) is 0 Å². The van der Waals surface area contributed by atoms with Crippen LogP contribution in [0.25, 0.3) is 11.1 Å². The lowest BCUT2D eigenvalue weighted by molar-refractivity contribution is 1.23. The summed E-state index contributed by atoms with van der Waals surface area (Å²) in [4.78, 5) is 9.38. The lowest BCUT2D eigenvalue weighted by atomic mass is 9.43. The van der Waals surface area contributed by atoms with Crippen molar-refractivity contribution in [3.63, 3.8) is 0 Å². The van der Waals surface area contributed by atoms with Crippen molar-refractivity contribution in [3.8, 4) is 11.1 Å². The van der Waals surface area contributed by atoms with E-state index in [2.05, 4.69) is 124 Å². The van der Waals surface area contributed by atoms with Gasteiger partial charge < -0.3 is 9.71 Å². The molecule has 0 N–H and O–H groups in total. The molecule has 2 aliphatic heterocycles. The van der Waals surface area contributed by atoms with Crippen LogP contribution >= 0.6 is 0 Å². The quantitative estimate of drug-likeness (QED) is 0.337. The monoisotopic (exact) mass is 421 g/mol. The summed E-state index contributed by atoms with van der Waals surface area (Å²) in [6.45, 7) is 0.0615. The maximum Gasteiger partial charge on any atom is 0.333 e. The third kappa shape index (κ3) is 2.61. The summed E-state index contributed by atoms with van der Waals surface area (Å²) in [6.07, 6.45) is 3.92. The Labute approximate surface area is 193 Å².